The molecule has 138 valence electrons. The number of amides is 2. The minimum atomic E-state index is -0.443. The van der Waals surface area contributed by atoms with E-state index in [1.54, 1.807) is 38.4 Å². The van der Waals surface area contributed by atoms with Gasteiger partial charge in [-0.25, -0.2) is 4.39 Å². The average Bonchev–Trinajstić information content (AvgIpc) is 2.63. The fourth-order valence-electron chi connectivity index (χ4n) is 2.88. The molecule has 7 heteroatoms. The molecule has 3 rings (SSSR count). The molecule has 26 heavy (non-hydrogen) atoms. The van der Waals surface area contributed by atoms with Gasteiger partial charge in [-0.2, -0.15) is 0 Å². The van der Waals surface area contributed by atoms with Crippen molar-refractivity contribution in [2.75, 3.05) is 26.0 Å². The third kappa shape index (κ3) is 4.03. The first-order chi connectivity index (χ1) is 12.0. The maximum Gasteiger partial charge on any atom is 0.255 e. The molecule has 0 aliphatic carbocycles. The highest BCUT2D eigenvalue weighted by Gasteiger charge is 2.18. The van der Waals surface area contributed by atoms with E-state index in [9.17, 15) is 14.0 Å². The molecule has 1 aliphatic heterocycles. The number of carbonyl (C=O) groups excluding carboxylic acids is 2. The molecule has 0 saturated heterocycles. The fourth-order valence-corrected chi connectivity index (χ4v) is 2.88. The van der Waals surface area contributed by atoms with E-state index < -0.39 is 5.91 Å². The van der Waals surface area contributed by atoms with Crippen molar-refractivity contribution < 1.29 is 14.0 Å². The van der Waals surface area contributed by atoms with Crippen molar-refractivity contribution in [3.05, 3.63) is 64.5 Å². The molecule has 2 N–H and O–H groups in total. The van der Waals surface area contributed by atoms with Crippen molar-refractivity contribution in [2.24, 2.45) is 0 Å². The van der Waals surface area contributed by atoms with E-state index in [-0.39, 0.29) is 29.8 Å². The minimum absolute atomic E-state index is 0. The highest BCUT2D eigenvalue weighted by molar-refractivity contribution is 6.06. The number of halogens is 2. The van der Waals surface area contributed by atoms with Gasteiger partial charge in [-0.1, -0.05) is 12.1 Å². The summed E-state index contributed by atoms with van der Waals surface area (Å²) >= 11 is 0. The molecule has 5 nitrogen and oxygen atoms in total. The Kier molecular flexibility index (Phi) is 6.34. The summed E-state index contributed by atoms with van der Waals surface area (Å²) in [6.07, 6.45) is 0.595. The van der Waals surface area contributed by atoms with Crippen molar-refractivity contribution in [3.8, 4) is 0 Å². The molecule has 0 atom stereocenters. The average molecular weight is 378 g/mol. The van der Waals surface area contributed by atoms with Crippen molar-refractivity contribution in [3.63, 3.8) is 0 Å². The molecule has 2 aromatic carbocycles. The standard InChI is InChI=1S/C19H20FN3O2.ClH/c1-23(2)19(25)13-5-3-4-12(10-13)18(24)22-16-7-6-14-11-21-9-8-15(14)17(16)20;/h3-7,10,21H,8-9,11H2,1-2H3,(H,22,24);1H. The topological polar surface area (TPSA) is 61.4 Å². The zero-order valence-electron chi connectivity index (χ0n) is 14.6. The number of fused-ring (bicyclic) bond motifs is 1. The van der Waals surface area contributed by atoms with Gasteiger partial charge in [-0.05, 0) is 48.4 Å². The molecule has 2 amide bonds. The number of nitrogens with zero attached hydrogens (tertiary/aromatic N) is 1. The predicted octanol–water partition coefficient (Wildman–Crippen LogP) is 2.85. The Morgan fingerprint density at radius 2 is 1.88 bits per heavy atom. The molecule has 0 radical (unpaired) electrons. The molecular formula is C19H21ClFN3O2. The van der Waals surface area contributed by atoms with Crippen LogP contribution in [0.2, 0.25) is 0 Å². The van der Waals surface area contributed by atoms with Crippen molar-refractivity contribution in [1.29, 1.82) is 0 Å². The minimum Gasteiger partial charge on any atom is -0.345 e. The van der Waals surface area contributed by atoms with Gasteiger partial charge in [0.25, 0.3) is 11.8 Å². The van der Waals surface area contributed by atoms with Crippen molar-refractivity contribution >= 4 is 29.9 Å². The Bertz CT molecular complexity index is 840. The van der Waals surface area contributed by atoms with Gasteiger partial charge in [0.15, 0.2) is 0 Å². The molecule has 0 saturated carbocycles. The molecule has 1 aliphatic rings. The lowest BCUT2D eigenvalue weighted by atomic mass is 9.99. The predicted molar refractivity (Wildman–Crippen MR) is 101 cm³/mol. The highest BCUT2D eigenvalue weighted by atomic mass is 35.5. The summed E-state index contributed by atoms with van der Waals surface area (Å²) in [6.45, 7) is 1.35. The highest BCUT2D eigenvalue weighted by Crippen LogP contribution is 2.25. The lowest BCUT2D eigenvalue weighted by molar-refractivity contribution is 0.0827. The zero-order chi connectivity index (χ0) is 18.0. The monoisotopic (exact) mass is 377 g/mol. The third-order valence-electron chi connectivity index (χ3n) is 4.23. The van der Waals surface area contributed by atoms with E-state index in [4.69, 9.17) is 0 Å². The van der Waals surface area contributed by atoms with Crippen LogP contribution < -0.4 is 10.6 Å². The first kappa shape index (κ1) is 19.9. The Balaban J connectivity index is 0.00000243. The Labute approximate surface area is 158 Å². The lowest BCUT2D eigenvalue weighted by Crippen LogP contribution is -2.25. The van der Waals surface area contributed by atoms with Crippen LogP contribution in [-0.2, 0) is 13.0 Å². The summed E-state index contributed by atoms with van der Waals surface area (Å²) in [4.78, 5) is 25.9. The maximum absolute atomic E-state index is 14.6. The quantitative estimate of drug-likeness (QED) is 0.864. The lowest BCUT2D eigenvalue weighted by Gasteiger charge is -2.19. The van der Waals surface area contributed by atoms with Crippen molar-refractivity contribution in [2.45, 2.75) is 13.0 Å². The summed E-state index contributed by atoms with van der Waals surface area (Å²) in [7, 11) is 3.29. The van der Waals surface area contributed by atoms with Crippen LogP contribution in [0.15, 0.2) is 36.4 Å². The van der Waals surface area contributed by atoms with Gasteiger partial charge in [0.2, 0.25) is 0 Å². The first-order valence-corrected chi connectivity index (χ1v) is 8.11. The smallest absolute Gasteiger partial charge is 0.255 e. The second kappa shape index (κ2) is 8.29. The second-order valence-electron chi connectivity index (χ2n) is 6.23. The third-order valence-corrected chi connectivity index (χ3v) is 4.23. The Morgan fingerprint density at radius 3 is 2.62 bits per heavy atom. The zero-order valence-corrected chi connectivity index (χ0v) is 15.5. The van der Waals surface area contributed by atoms with Gasteiger partial charge >= 0.3 is 0 Å². The number of benzene rings is 2. The number of anilines is 1. The summed E-state index contributed by atoms with van der Waals surface area (Å²) in [5.41, 5.74) is 2.45. The van der Waals surface area contributed by atoms with E-state index in [0.29, 0.717) is 29.7 Å². The number of carbonyl (C=O) groups is 2. The normalized spacial score (nSPS) is 12.6. The van der Waals surface area contributed by atoms with Crippen LogP contribution in [0, 0.1) is 5.82 Å². The maximum atomic E-state index is 14.6. The van der Waals surface area contributed by atoms with Gasteiger partial charge in [0.1, 0.15) is 5.82 Å². The number of hydrogen-bond acceptors (Lipinski definition) is 3. The van der Waals surface area contributed by atoms with Gasteiger partial charge < -0.3 is 15.5 Å². The fraction of sp³-hybridized carbons (Fsp3) is 0.263. The molecule has 0 spiro atoms. The summed E-state index contributed by atoms with van der Waals surface area (Å²) in [5.74, 6) is -1.02. The van der Waals surface area contributed by atoms with Crippen molar-refractivity contribution in [1.82, 2.24) is 10.2 Å². The molecule has 0 fully saturated rings. The summed E-state index contributed by atoms with van der Waals surface area (Å²) < 4.78 is 14.6. The summed E-state index contributed by atoms with van der Waals surface area (Å²) in [5, 5.41) is 5.80. The summed E-state index contributed by atoms with van der Waals surface area (Å²) in [6, 6.07) is 9.80. The van der Waals surface area contributed by atoms with Crippen LogP contribution in [0.5, 0.6) is 0 Å². The van der Waals surface area contributed by atoms with Crippen LogP contribution in [0.25, 0.3) is 0 Å². The van der Waals surface area contributed by atoms with E-state index >= 15 is 0 Å². The first-order valence-electron chi connectivity index (χ1n) is 8.11. The van der Waals surface area contributed by atoms with E-state index in [1.807, 2.05) is 6.07 Å². The van der Waals surface area contributed by atoms with Crippen LogP contribution in [0.4, 0.5) is 10.1 Å². The van der Waals surface area contributed by atoms with Crippen LogP contribution >= 0.6 is 12.4 Å². The van der Waals surface area contributed by atoms with E-state index in [0.717, 1.165) is 12.1 Å². The largest absolute Gasteiger partial charge is 0.345 e. The number of nitrogens with one attached hydrogen (secondary N) is 2. The second-order valence-corrected chi connectivity index (χ2v) is 6.23. The number of hydrogen-bond donors (Lipinski definition) is 2. The Morgan fingerprint density at radius 1 is 1.15 bits per heavy atom. The molecule has 0 aromatic heterocycles. The van der Waals surface area contributed by atoms with Gasteiger partial charge in [0.05, 0.1) is 5.69 Å². The molecule has 0 unspecified atom stereocenters. The Hall–Kier alpha value is -2.44. The van der Waals surface area contributed by atoms with E-state index in [2.05, 4.69) is 10.6 Å². The van der Waals surface area contributed by atoms with Gasteiger partial charge in [0, 0.05) is 31.8 Å². The van der Waals surface area contributed by atoms with Crippen LogP contribution in [-0.4, -0.2) is 37.4 Å². The van der Waals surface area contributed by atoms with E-state index in [1.165, 1.54) is 11.0 Å². The molecular weight excluding hydrogens is 357 g/mol. The van der Waals surface area contributed by atoms with Crippen LogP contribution in [0.3, 0.4) is 0 Å². The van der Waals surface area contributed by atoms with Gasteiger partial charge in [-0.3, -0.25) is 9.59 Å². The number of rotatable bonds is 3. The molecule has 1 heterocycles. The van der Waals surface area contributed by atoms with Crippen LogP contribution in [0.1, 0.15) is 31.8 Å². The molecule has 0 bridgehead atoms. The SMILES string of the molecule is CN(C)C(=O)c1cccc(C(=O)Nc2ccc3c(c2F)CCNC3)c1.Cl. The van der Waals surface area contributed by atoms with Gasteiger partial charge in [-0.15, -0.1) is 12.4 Å². The molecule has 2 aromatic rings.